The van der Waals surface area contributed by atoms with Gasteiger partial charge in [0.2, 0.25) is 0 Å². The highest BCUT2D eigenvalue weighted by atomic mass is 16.3. The minimum Gasteiger partial charge on any atom is -0.455 e. The average molecular weight is 565 g/mol. The summed E-state index contributed by atoms with van der Waals surface area (Å²) in [6.07, 6.45) is 0.0324. The maximum atomic E-state index is 6.35. The van der Waals surface area contributed by atoms with E-state index < -0.39 is 0 Å². The fourth-order valence-corrected chi connectivity index (χ4v) is 6.78. The minimum atomic E-state index is 0.0324. The van der Waals surface area contributed by atoms with E-state index in [9.17, 15) is 0 Å². The first-order chi connectivity index (χ1) is 21.8. The van der Waals surface area contributed by atoms with E-state index in [1.165, 1.54) is 38.9 Å². The molecule has 0 saturated carbocycles. The van der Waals surface area contributed by atoms with Gasteiger partial charge in [-0.1, -0.05) is 115 Å². The Balaban J connectivity index is 1.12. The van der Waals surface area contributed by atoms with Gasteiger partial charge in [0.15, 0.2) is 0 Å². The molecule has 3 nitrogen and oxygen atoms in total. The van der Waals surface area contributed by atoms with Gasteiger partial charge in [-0.2, -0.15) is 0 Å². The van der Waals surface area contributed by atoms with Crippen LogP contribution in [0.5, 0.6) is 0 Å². The number of rotatable bonds is 4. The van der Waals surface area contributed by atoms with Crippen LogP contribution >= 0.6 is 0 Å². The van der Waals surface area contributed by atoms with Gasteiger partial charge in [0.25, 0.3) is 0 Å². The third-order valence-electron chi connectivity index (χ3n) is 8.87. The van der Waals surface area contributed by atoms with Crippen molar-refractivity contribution in [2.45, 2.75) is 6.17 Å². The summed E-state index contributed by atoms with van der Waals surface area (Å²) in [4.78, 5) is 2.39. The van der Waals surface area contributed by atoms with Crippen LogP contribution in [0.1, 0.15) is 11.7 Å². The van der Waals surface area contributed by atoms with Crippen LogP contribution in [0.2, 0.25) is 0 Å². The molecule has 1 N–H and O–H groups in total. The molecule has 1 aromatic heterocycles. The fourth-order valence-electron chi connectivity index (χ4n) is 6.78. The molecule has 0 amide bonds. The van der Waals surface area contributed by atoms with E-state index >= 15 is 0 Å². The summed E-state index contributed by atoms with van der Waals surface area (Å²) in [5, 5.41) is 8.35. The van der Waals surface area contributed by atoms with Gasteiger partial charge in [-0.05, 0) is 75.7 Å². The zero-order chi connectivity index (χ0) is 29.0. The van der Waals surface area contributed by atoms with Crippen LogP contribution in [0.3, 0.4) is 0 Å². The Bertz CT molecular complexity index is 2320. The van der Waals surface area contributed by atoms with Gasteiger partial charge in [-0.25, -0.2) is 0 Å². The Kier molecular flexibility index (Phi) is 5.57. The van der Waals surface area contributed by atoms with Crippen molar-refractivity contribution in [3.05, 3.63) is 163 Å². The molecule has 1 aliphatic rings. The predicted molar refractivity (Wildman–Crippen MR) is 183 cm³/mol. The van der Waals surface area contributed by atoms with E-state index in [0.717, 1.165) is 38.7 Å². The Labute approximate surface area is 255 Å². The minimum absolute atomic E-state index is 0.0324. The maximum Gasteiger partial charge on any atom is 0.143 e. The van der Waals surface area contributed by atoms with Gasteiger partial charge in [-0.15, -0.1) is 0 Å². The Morgan fingerprint density at radius 3 is 2.07 bits per heavy atom. The topological polar surface area (TPSA) is 28.4 Å². The molecule has 0 radical (unpaired) electrons. The number of benzene rings is 7. The van der Waals surface area contributed by atoms with E-state index in [4.69, 9.17) is 4.42 Å². The van der Waals surface area contributed by atoms with Crippen LogP contribution in [-0.2, 0) is 0 Å². The van der Waals surface area contributed by atoms with Crippen molar-refractivity contribution in [1.82, 2.24) is 0 Å². The van der Waals surface area contributed by atoms with Gasteiger partial charge in [0.1, 0.15) is 17.3 Å². The third-order valence-corrected chi connectivity index (χ3v) is 8.87. The lowest BCUT2D eigenvalue weighted by molar-refractivity contribution is 0.672. The molecule has 0 aliphatic carbocycles. The molecular formula is C41H28N2O. The molecule has 0 bridgehead atoms. The molecular weight excluding hydrogens is 536 g/mol. The van der Waals surface area contributed by atoms with Crippen molar-refractivity contribution in [2.75, 3.05) is 10.2 Å². The highest BCUT2D eigenvalue weighted by Gasteiger charge is 2.30. The molecule has 1 aliphatic heterocycles. The van der Waals surface area contributed by atoms with E-state index in [2.05, 4.69) is 156 Å². The number of anilines is 3. The largest absolute Gasteiger partial charge is 0.455 e. The highest BCUT2D eigenvalue weighted by Crippen LogP contribution is 2.46. The lowest BCUT2D eigenvalue weighted by atomic mass is 9.93. The average Bonchev–Trinajstić information content (AvgIpc) is 3.68. The van der Waals surface area contributed by atoms with Gasteiger partial charge in [0, 0.05) is 21.8 Å². The summed E-state index contributed by atoms with van der Waals surface area (Å²) < 4.78 is 6.35. The molecule has 2 heterocycles. The summed E-state index contributed by atoms with van der Waals surface area (Å²) in [6.45, 7) is 0. The van der Waals surface area contributed by atoms with Crippen molar-refractivity contribution < 1.29 is 4.42 Å². The standard InChI is InChI=1S/C41H28N2O/c1-2-11-28(12-3-1)41-42-37-18-7-8-19-38(37)43(41)31-23-21-27(22-24-31)29-13-10-14-30(25-29)35-26-36-33-16-6-9-20-39(33)44-40(36)34-17-5-4-15-32(34)35/h1-26,41-42H. The molecule has 3 heteroatoms. The first-order valence-corrected chi connectivity index (χ1v) is 15.1. The normalized spacial score (nSPS) is 14.3. The van der Waals surface area contributed by atoms with Crippen LogP contribution in [0, 0.1) is 0 Å². The SMILES string of the molecule is c1ccc(C2Nc3ccccc3N2c2ccc(-c3cccc(-c4cc5c6ccccc6oc5c5ccccc45)c3)cc2)cc1. The molecule has 0 saturated heterocycles. The lowest BCUT2D eigenvalue weighted by Crippen LogP contribution is -2.23. The first kappa shape index (κ1) is 24.8. The predicted octanol–water partition coefficient (Wildman–Crippen LogP) is 11.3. The van der Waals surface area contributed by atoms with Crippen molar-refractivity contribution >= 4 is 49.8 Å². The fraction of sp³-hybridized carbons (Fsp3) is 0.0244. The number of nitrogens with one attached hydrogen (secondary N) is 1. The molecule has 8 aromatic rings. The van der Waals surface area contributed by atoms with Gasteiger partial charge in [0.05, 0.1) is 11.4 Å². The van der Waals surface area contributed by atoms with Crippen molar-refractivity contribution in [1.29, 1.82) is 0 Å². The van der Waals surface area contributed by atoms with Crippen molar-refractivity contribution in [2.24, 2.45) is 0 Å². The summed E-state index contributed by atoms with van der Waals surface area (Å²) in [5.74, 6) is 0. The summed E-state index contributed by atoms with van der Waals surface area (Å²) in [5.41, 5.74) is 11.4. The number of furan rings is 1. The van der Waals surface area contributed by atoms with Crippen LogP contribution in [0.4, 0.5) is 17.1 Å². The maximum absolute atomic E-state index is 6.35. The Morgan fingerprint density at radius 1 is 0.500 bits per heavy atom. The number of hydrogen-bond acceptors (Lipinski definition) is 3. The highest BCUT2D eigenvalue weighted by molar-refractivity contribution is 6.19. The van der Waals surface area contributed by atoms with Gasteiger partial charge < -0.3 is 14.6 Å². The molecule has 0 spiro atoms. The van der Waals surface area contributed by atoms with Crippen molar-refractivity contribution in [3.8, 4) is 22.3 Å². The number of nitrogens with zero attached hydrogens (tertiary/aromatic N) is 1. The smallest absolute Gasteiger partial charge is 0.143 e. The number of para-hydroxylation sites is 3. The monoisotopic (exact) mass is 564 g/mol. The first-order valence-electron chi connectivity index (χ1n) is 15.1. The quantitative estimate of drug-likeness (QED) is 0.230. The van der Waals surface area contributed by atoms with Crippen LogP contribution in [0.15, 0.2) is 162 Å². The van der Waals surface area contributed by atoms with Gasteiger partial charge >= 0.3 is 0 Å². The summed E-state index contributed by atoms with van der Waals surface area (Å²) in [7, 11) is 0. The molecule has 44 heavy (non-hydrogen) atoms. The molecule has 9 rings (SSSR count). The van der Waals surface area contributed by atoms with Crippen LogP contribution < -0.4 is 10.2 Å². The second-order valence-corrected chi connectivity index (χ2v) is 11.4. The van der Waals surface area contributed by atoms with E-state index in [-0.39, 0.29) is 6.17 Å². The zero-order valence-corrected chi connectivity index (χ0v) is 23.9. The zero-order valence-electron chi connectivity index (χ0n) is 23.9. The summed E-state index contributed by atoms with van der Waals surface area (Å²) in [6, 6.07) is 56.2. The Hall–Kier alpha value is -5.80. The lowest BCUT2D eigenvalue weighted by Gasteiger charge is -2.27. The molecule has 1 atom stereocenters. The molecule has 7 aromatic carbocycles. The van der Waals surface area contributed by atoms with Gasteiger partial charge in [-0.3, -0.25) is 0 Å². The van der Waals surface area contributed by atoms with Crippen molar-refractivity contribution in [3.63, 3.8) is 0 Å². The van der Waals surface area contributed by atoms with E-state index in [1.807, 2.05) is 12.1 Å². The van der Waals surface area contributed by atoms with E-state index in [0.29, 0.717) is 0 Å². The summed E-state index contributed by atoms with van der Waals surface area (Å²) >= 11 is 0. The number of fused-ring (bicyclic) bond motifs is 6. The van der Waals surface area contributed by atoms with Crippen LogP contribution in [-0.4, -0.2) is 0 Å². The van der Waals surface area contributed by atoms with Crippen LogP contribution in [0.25, 0.3) is 55.0 Å². The molecule has 0 fully saturated rings. The second kappa shape index (κ2) is 9.89. The Morgan fingerprint density at radius 2 is 1.20 bits per heavy atom. The number of hydrogen-bond donors (Lipinski definition) is 1. The molecule has 1 unspecified atom stereocenters. The van der Waals surface area contributed by atoms with E-state index in [1.54, 1.807) is 0 Å². The molecule has 208 valence electrons. The third kappa shape index (κ3) is 3.90. The second-order valence-electron chi connectivity index (χ2n) is 11.4.